The highest BCUT2D eigenvalue weighted by Crippen LogP contribution is 2.39. The first kappa shape index (κ1) is 12.6. The Kier molecular flexibility index (Phi) is 3.11. The Morgan fingerprint density at radius 2 is 2.22 bits per heavy atom. The fourth-order valence-electron chi connectivity index (χ4n) is 2.10. The fraction of sp³-hybridized carbons (Fsp3) is 0.583. The van der Waals surface area contributed by atoms with Gasteiger partial charge in [0.1, 0.15) is 0 Å². The molecule has 1 fully saturated rings. The topological polar surface area (TPSA) is 84.2 Å². The summed E-state index contributed by atoms with van der Waals surface area (Å²) in [5.74, 6) is -1.95. The van der Waals surface area contributed by atoms with Crippen molar-refractivity contribution in [3.8, 4) is 0 Å². The largest absolute Gasteiger partial charge is 0.481 e. The number of rotatable bonds is 4. The second-order valence-corrected chi connectivity index (χ2v) is 4.83. The number of amides is 1. The molecule has 0 aliphatic heterocycles. The molecule has 1 aliphatic carbocycles. The molecule has 0 radical (unpaired) electrons. The van der Waals surface area contributed by atoms with Crippen LogP contribution in [0.4, 0.5) is 0 Å². The molecular formula is C12H17N3O3. The van der Waals surface area contributed by atoms with Crippen LogP contribution in [0.3, 0.4) is 0 Å². The van der Waals surface area contributed by atoms with Gasteiger partial charge in [-0.25, -0.2) is 0 Å². The van der Waals surface area contributed by atoms with Crippen molar-refractivity contribution in [1.29, 1.82) is 0 Å². The number of aromatic nitrogens is 2. The number of nitrogens with zero attached hydrogens (tertiary/aromatic N) is 2. The average molecular weight is 251 g/mol. The number of aryl methyl sites for hydroxylation is 1. The molecule has 2 N–H and O–H groups in total. The monoisotopic (exact) mass is 251 g/mol. The molecule has 1 amide bonds. The predicted octanol–water partition coefficient (Wildman–Crippen LogP) is 0.626. The van der Waals surface area contributed by atoms with Gasteiger partial charge in [0.25, 0.3) is 0 Å². The highest BCUT2D eigenvalue weighted by molar-refractivity contribution is 5.89. The van der Waals surface area contributed by atoms with Crippen LogP contribution >= 0.6 is 0 Å². The van der Waals surface area contributed by atoms with E-state index in [-0.39, 0.29) is 17.9 Å². The van der Waals surface area contributed by atoms with E-state index in [1.54, 1.807) is 10.9 Å². The van der Waals surface area contributed by atoms with Gasteiger partial charge in [-0.3, -0.25) is 14.3 Å². The van der Waals surface area contributed by atoms with Crippen molar-refractivity contribution in [1.82, 2.24) is 15.1 Å². The maximum Gasteiger partial charge on any atom is 0.307 e. The Morgan fingerprint density at radius 1 is 1.56 bits per heavy atom. The molecule has 0 bridgehead atoms. The van der Waals surface area contributed by atoms with Crippen molar-refractivity contribution in [2.24, 2.45) is 18.9 Å². The number of carboxylic acids is 1. The second-order valence-electron chi connectivity index (χ2n) is 4.83. The lowest BCUT2D eigenvalue weighted by atomic mass is 10.1. The standard InChI is InChI=1S/C12H17N3O3/c1-6(10-5-13-15(3)7(10)2)14-11(16)8-4-9(8)12(17)18/h5-6,8-9H,4H2,1-3H3,(H,14,16)(H,17,18)/t6-,8+,9+/m0/s1. The van der Waals surface area contributed by atoms with Gasteiger partial charge in [-0.1, -0.05) is 0 Å². The van der Waals surface area contributed by atoms with E-state index in [1.807, 2.05) is 20.9 Å². The van der Waals surface area contributed by atoms with E-state index in [1.165, 1.54) is 0 Å². The summed E-state index contributed by atoms with van der Waals surface area (Å²) < 4.78 is 1.75. The molecule has 0 unspecified atom stereocenters. The van der Waals surface area contributed by atoms with Crippen LogP contribution in [0.25, 0.3) is 0 Å². The zero-order valence-corrected chi connectivity index (χ0v) is 10.7. The summed E-state index contributed by atoms with van der Waals surface area (Å²) in [6.07, 6.45) is 2.17. The summed E-state index contributed by atoms with van der Waals surface area (Å²) >= 11 is 0. The molecule has 3 atom stereocenters. The molecule has 1 heterocycles. The summed E-state index contributed by atoms with van der Waals surface area (Å²) in [5, 5.41) is 15.7. The minimum atomic E-state index is -0.889. The number of hydrogen-bond donors (Lipinski definition) is 2. The van der Waals surface area contributed by atoms with Crippen LogP contribution in [0.15, 0.2) is 6.20 Å². The van der Waals surface area contributed by atoms with Crippen LogP contribution < -0.4 is 5.32 Å². The lowest BCUT2D eigenvalue weighted by Crippen LogP contribution is -2.29. The van der Waals surface area contributed by atoms with Crippen molar-refractivity contribution in [2.45, 2.75) is 26.3 Å². The summed E-state index contributed by atoms with van der Waals surface area (Å²) in [7, 11) is 1.84. The molecule has 6 nitrogen and oxygen atoms in total. The van der Waals surface area contributed by atoms with Crippen LogP contribution in [-0.2, 0) is 16.6 Å². The van der Waals surface area contributed by atoms with Crippen LogP contribution in [0.5, 0.6) is 0 Å². The highest BCUT2D eigenvalue weighted by Gasteiger charge is 2.48. The molecule has 0 aromatic carbocycles. The van der Waals surface area contributed by atoms with Crippen LogP contribution in [0.1, 0.15) is 30.6 Å². The van der Waals surface area contributed by atoms with Gasteiger partial charge in [-0.05, 0) is 20.3 Å². The molecular weight excluding hydrogens is 234 g/mol. The minimum absolute atomic E-state index is 0.152. The number of carbonyl (C=O) groups is 2. The average Bonchev–Trinajstić information content (AvgIpc) is 3.02. The lowest BCUT2D eigenvalue weighted by Gasteiger charge is -2.13. The number of nitrogens with one attached hydrogen (secondary N) is 1. The van der Waals surface area contributed by atoms with Crippen molar-refractivity contribution in [3.05, 3.63) is 17.5 Å². The maximum absolute atomic E-state index is 11.8. The zero-order chi connectivity index (χ0) is 13.4. The third kappa shape index (κ3) is 2.23. The first-order valence-corrected chi connectivity index (χ1v) is 5.93. The normalized spacial score (nSPS) is 23.5. The van der Waals surface area contributed by atoms with Gasteiger partial charge in [0.2, 0.25) is 5.91 Å². The molecule has 18 heavy (non-hydrogen) atoms. The van der Waals surface area contributed by atoms with Crippen LogP contribution in [-0.4, -0.2) is 26.8 Å². The smallest absolute Gasteiger partial charge is 0.307 e. The summed E-state index contributed by atoms with van der Waals surface area (Å²) in [6.45, 7) is 3.81. The fourth-order valence-corrected chi connectivity index (χ4v) is 2.10. The van der Waals surface area contributed by atoms with Crippen molar-refractivity contribution in [2.75, 3.05) is 0 Å². The Morgan fingerprint density at radius 3 is 2.67 bits per heavy atom. The van der Waals surface area contributed by atoms with Crippen LogP contribution in [0, 0.1) is 18.8 Å². The Hall–Kier alpha value is -1.85. The third-order valence-electron chi connectivity index (χ3n) is 3.54. The van der Waals surface area contributed by atoms with Crippen LogP contribution in [0.2, 0.25) is 0 Å². The van der Waals surface area contributed by atoms with E-state index >= 15 is 0 Å². The molecule has 1 saturated carbocycles. The number of hydrogen-bond acceptors (Lipinski definition) is 3. The van der Waals surface area contributed by atoms with E-state index in [2.05, 4.69) is 10.4 Å². The number of carboxylic acid groups (broad SMARTS) is 1. The zero-order valence-electron chi connectivity index (χ0n) is 10.7. The first-order valence-electron chi connectivity index (χ1n) is 5.93. The van der Waals surface area contributed by atoms with Gasteiger partial charge in [0.15, 0.2) is 0 Å². The first-order chi connectivity index (χ1) is 8.41. The summed E-state index contributed by atoms with van der Waals surface area (Å²) in [4.78, 5) is 22.5. The van der Waals surface area contributed by atoms with E-state index in [4.69, 9.17) is 5.11 Å². The van der Waals surface area contributed by atoms with E-state index < -0.39 is 11.9 Å². The lowest BCUT2D eigenvalue weighted by molar-refractivity contribution is -0.140. The SMILES string of the molecule is Cc1c([C@H](C)NC(=O)[C@@H]2C[C@H]2C(=O)O)cnn1C. The number of carbonyl (C=O) groups excluding carboxylic acids is 1. The Labute approximate surface area is 105 Å². The number of aliphatic carboxylic acids is 1. The van der Waals surface area contributed by atoms with Crippen molar-refractivity contribution < 1.29 is 14.7 Å². The Balaban J connectivity index is 1.96. The van der Waals surface area contributed by atoms with Gasteiger partial charge in [0, 0.05) is 18.3 Å². The molecule has 0 saturated heterocycles. The van der Waals surface area contributed by atoms with Gasteiger partial charge in [0.05, 0.1) is 24.1 Å². The van der Waals surface area contributed by atoms with Gasteiger partial charge in [-0.15, -0.1) is 0 Å². The van der Waals surface area contributed by atoms with E-state index in [0.717, 1.165) is 11.3 Å². The predicted molar refractivity (Wildman–Crippen MR) is 63.7 cm³/mol. The summed E-state index contributed by atoms with van der Waals surface area (Å²) in [5.41, 5.74) is 1.95. The molecule has 2 rings (SSSR count). The van der Waals surface area contributed by atoms with Crippen molar-refractivity contribution >= 4 is 11.9 Å². The van der Waals surface area contributed by atoms with E-state index in [9.17, 15) is 9.59 Å². The molecule has 1 aromatic heterocycles. The van der Waals surface area contributed by atoms with Gasteiger partial charge < -0.3 is 10.4 Å². The quantitative estimate of drug-likeness (QED) is 0.822. The highest BCUT2D eigenvalue weighted by atomic mass is 16.4. The third-order valence-corrected chi connectivity index (χ3v) is 3.54. The molecule has 6 heteroatoms. The van der Waals surface area contributed by atoms with Crippen molar-refractivity contribution in [3.63, 3.8) is 0 Å². The second kappa shape index (κ2) is 4.44. The maximum atomic E-state index is 11.8. The van der Waals surface area contributed by atoms with E-state index in [0.29, 0.717) is 6.42 Å². The molecule has 98 valence electrons. The molecule has 1 aliphatic rings. The molecule has 1 aromatic rings. The Bertz CT molecular complexity index is 495. The minimum Gasteiger partial charge on any atom is -0.481 e. The molecule has 0 spiro atoms. The summed E-state index contributed by atoms with van der Waals surface area (Å²) in [6, 6.07) is -0.152. The van der Waals surface area contributed by atoms with Gasteiger partial charge in [-0.2, -0.15) is 5.10 Å². The van der Waals surface area contributed by atoms with Gasteiger partial charge >= 0.3 is 5.97 Å².